The van der Waals surface area contributed by atoms with E-state index in [1.807, 2.05) is 16.3 Å². The molecule has 1 aliphatic rings. The van der Waals surface area contributed by atoms with Crippen molar-refractivity contribution in [3.63, 3.8) is 0 Å². The van der Waals surface area contributed by atoms with E-state index in [4.69, 9.17) is 0 Å². The van der Waals surface area contributed by atoms with Crippen LogP contribution in [-0.4, -0.2) is 12.5 Å². The summed E-state index contributed by atoms with van der Waals surface area (Å²) in [6, 6.07) is 8.18. The molecule has 1 aliphatic heterocycles. The van der Waals surface area contributed by atoms with E-state index in [1.165, 1.54) is 11.1 Å². The van der Waals surface area contributed by atoms with Crippen molar-refractivity contribution in [1.82, 2.24) is 0 Å². The van der Waals surface area contributed by atoms with Gasteiger partial charge in [-0.05, 0) is 52.9 Å². The topological polar surface area (TPSA) is 20.3 Å². The highest BCUT2D eigenvalue weighted by Crippen LogP contribution is 2.32. The highest BCUT2D eigenvalue weighted by Gasteiger charge is 2.25. The lowest BCUT2D eigenvalue weighted by atomic mass is 9.98. The molecule has 2 aromatic rings. The van der Waals surface area contributed by atoms with Crippen LogP contribution in [0.5, 0.6) is 0 Å². The number of carbonyl (C=O) groups excluding carboxylic acids is 1. The zero-order valence-electron chi connectivity index (χ0n) is 10.6. The largest absolute Gasteiger partial charge is 0.308 e. The molecule has 1 aromatic carbocycles. The van der Waals surface area contributed by atoms with Crippen LogP contribution >= 0.6 is 27.3 Å². The number of thiophene rings is 1. The van der Waals surface area contributed by atoms with Gasteiger partial charge in [0.25, 0.3) is 5.91 Å². The number of fused-ring (bicyclic) bond motifs is 1. The Bertz CT molecular complexity index is 635. The van der Waals surface area contributed by atoms with Gasteiger partial charge in [0.1, 0.15) is 0 Å². The molecule has 0 N–H and O–H groups in total. The summed E-state index contributed by atoms with van der Waals surface area (Å²) in [5, 5.41) is 1.92. The van der Waals surface area contributed by atoms with Gasteiger partial charge < -0.3 is 4.90 Å². The molecule has 0 radical (unpaired) electrons. The molecule has 0 bridgehead atoms. The van der Waals surface area contributed by atoms with Crippen molar-refractivity contribution in [3.05, 3.63) is 50.1 Å². The molecule has 0 aliphatic carbocycles. The smallest absolute Gasteiger partial charge is 0.259 e. The molecule has 0 saturated carbocycles. The summed E-state index contributed by atoms with van der Waals surface area (Å²) in [5.41, 5.74) is 4.35. The van der Waals surface area contributed by atoms with Gasteiger partial charge in [0.15, 0.2) is 0 Å². The van der Waals surface area contributed by atoms with E-state index in [0.717, 1.165) is 34.4 Å². The number of hydrogen-bond donors (Lipinski definition) is 0. The molecule has 0 fully saturated rings. The fourth-order valence-electron chi connectivity index (χ4n) is 2.63. The van der Waals surface area contributed by atoms with Crippen molar-refractivity contribution >= 4 is 38.9 Å². The van der Waals surface area contributed by atoms with E-state index in [-0.39, 0.29) is 5.91 Å². The van der Waals surface area contributed by atoms with Gasteiger partial charge in [0.2, 0.25) is 0 Å². The molecule has 1 aromatic heterocycles. The lowest BCUT2D eigenvalue weighted by Gasteiger charge is -2.30. The maximum absolute atomic E-state index is 12.6. The highest BCUT2D eigenvalue weighted by atomic mass is 79.9. The van der Waals surface area contributed by atoms with Crippen LogP contribution in [0.25, 0.3) is 0 Å². The first-order chi connectivity index (χ1) is 9.16. The molecule has 0 unspecified atom stereocenters. The summed E-state index contributed by atoms with van der Waals surface area (Å²) in [6.45, 7) is 2.89. The molecular weight excluding hydrogens is 322 g/mol. The first-order valence-electron chi connectivity index (χ1n) is 6.31. The van der Waals surface area contributed by atoms with Gasteiger partial charge in [-0.3, -0.25) is 4.79 Å². The van der Waals surface area contributed by atoms with Crippen LogP contribution in [-0.2, 0) is 6.42 Å². The molecule has 19 heavy (non-hydrogen) atoms. The number of anilines is 1. The van der Waals surface area contributed by atoms with Crippen LogP contribution in [0.2, 0.25) is 0 Å². The van der Waals surface area contributed by atoms with Crippen LogP contribution < -0.4 is 4.90 Å². The summed E-state index contributed by atoms with van der Waals surface area (Å²) in [6.07, 6.45) is 2.10. The minimum absolute atomic E-state index is 0.109. The second-order valence-electron chi connectivity index (χ2n) is 4.78. The summed E-state index contributed by atoms with van der Waals surface area (Å²) in [5.74, 6) is 0.109. The molecule has 0 spiro atoms. The van der Waals surface area contributed by atoms with E-state index >= 15 is 0 Å². The first kappa shape index (κ1) is 12.9. The third kappa shape index (κ3) is 2.35. The van der Waals surface area contributed by atoms with Gasteiger partial charge >= 0.3 is 0 Å². The number of hydrogen-bond acceptors (Lipinski definition) is 2. The molecule has 98 valence electrons. The second kappa shape index (κ2) is 5.10. The van der Waals surface area contributed by atoms with Crippen LogP contribution in [0, 0.1) is 6.92 Å². The number of rotatable bonds is 1. The van der Waals surface area contributed by atoms with E-state index in [9.17, 15) is 4.79 Å². The van der Waals surface area contributed by atoms with E-state index < -0.39 is 0 Å². The lowest BCUT2D eigenvalue weighted by molar-refractivity contribution is 0.0985. The van der Waals surface area contributed by atoms with Gasteiger partial charge in [0, 0.05) is 11.9 Å². The van der Waals surface area contributed by atoms with Crippen molar-refractivity contribution < 1.29 is 4.79 Å². The molecule has 0 atom stereocenters. The van der Waals surface area contributed by atoms with Crippen LogP contribution in [0.4, 0.5) is 5.69 Å². The fourth-order valence-corrected chi connectivity index (χ4v) is 3.76. The normalized spacial score (nSPS) is 14.3. The predicted molar refractivity (Wildman–Crippen MR) is 83.2 cm³/mol. The second-order valence-corrected chi connectivity index (χ2v) is 7.07. The Morgan fingerprint density at radius 2 is 2.26 bits per heavy atom. The average molecular weight is 336 g/mol. The van der Waals surface area contributed by atoms with Crippen molar-refractivity contribution in [2.24, 2.45) is 0 Å². The summed E-state index contributed by atoms with van der Waals surface area (Å²) < 4.78 is 0.998. The van der Waals surface area contributed by atoms with Crippen LogP contribution in [0.1, 0.15) is 27.9 Å². The Balaban J connectivity index is 2.02. The summed E-state index contributed by atoms with van der Waals surface area (Å²) in [7, 11) is 0. The van der Waals surface area contributed by atoms with Gasteiger partial charge in [-0.2, -0.15) is 0 Å². The monoisotopic (exact) mass is 335 g/mol. The maximum Gasteiger partial charge on any atom is 0.259 e. The minimum Gasteiger partial charge on any atom is -0.308 e. The van der Waals surface area contributed by atoms with Gasteiger partial charge in [-0.25, -0.2) is 0 Å². The molecule has 1 amide bonds. The number of carbonyl (C=O) groups is 1. The minimum atomic E-state index is 0.109. The van der Waals surface area contributed by atoms with Crippen molar-refractivity contribution in [1.29, 1.82) is 0 Å². The van der Waals surface area contributed by atoms with Crippen LogP contribution in [0.15, 0.2) is 33.4 Å². The highest BCUT2D eigenvalue weighted by molar-refractivity contribution is 9.11. The SMILES string of the molecule is Cc1cccc2c1N(C(=O)c1csc(Br)c1)CCC2. The number of benzene rings is 1. The quantitative estimate of drug-likeness (QED) is 0.755. The van der Waals surface area contributed by atoms with E-state index in [0.29, 0.717) is 0 Å². The number of aryl methyl sites for hydroxylation is 2. The first-order valence-corrected chi connectivity index (χ1v) is 7.98. The third-order valence-corrected chi connectivity index (χ3v) is 4.98. The Labute approximate surface area is 125 Å². The molecule has 2 heterocycles. The number of halogens is 1. The van der Waals surface area contributed by atoms with Gasteiger partial charge in [-0.15, -0.1) is 11.3 Å². The Morgan fingerprint density at radius 1 is 1.42 bits per heavy atom. The zero-order valence-corrected chi connectivity index (χ0v) is 13.1. The Morgan fingerprint density at radius 3 is 3.00 bits per heavy atom. The van der Waals surface area contributed by atoms with Crippen molar-refractivity contribution in [2.45, 2.75) is 19.8 Å². The zero-order chi connectivity index (χ0) is 13.4. The standard InChI is InChI=1S/C15H14BrNOS/c1-10-4-2-5-11-6-3-7-17(14(10)11)15(18)12-8-13(16)19-9-12/h2,4-5,8-9H,3,6-7H2,1H3. The number of amides is 1. The third-order valence-electron chi connectivity index (χ3n) is 3.48. The summed E-state index contributed by atoms with van der Waals surface area (Å²) in [4.78, 5) is 14.6. The van der Waals surface area contributed by atoms with Gasteiger partial charge in [0.05, 0.1) is 15.0 Å². The molecule has 4 heteroatoms. The number of nitrogens with zero attached hydrogens (tertiary/aromatic N) is 1. The Kier molecular flexibility index (Phi) is 3.46. The average Bonchev–Trinajstić information content (AvgIpc) is 2.84. The predicted octanol–water partition coefficient (Wildman–Crippen LogP) is 4.41. The van der Waals surface area contributed by atoms with E-state index in [2.05, 4.69) is 41.1 Å². The van der Waals surface area contributed by atoms with Crippen molar-refractivity contribution in [3.8, 4) is 0 Å². The maximum atomic E-state index is 12.6. The molecular formula is C15H14BrNOS. The van der Waals surface area contributed by atoms with Gasteiger partial charge in [-0.1, -0.05) is 18.2 Å². The Hall–Kier alpha value is -1.13. The fraction of sp³-hybridized carbons (Fsp3) is 0.267. The number of para-hydroxylation sites is 1. The van der Waals surface area contributed by atoms with Crippen molar-refractivity contribution in [2.75, 3.05) is 11.4 Å². The molecule has 3 rings (SSSR count). The lowest BCUT2D eigenvalue weighted by Crippen LogP contribution is -2.35. The van der Waals surface area contributed by atoms with Crippen LogP contribution in [0.3, 0.4) is 0 Å². The summed E-state index contributed by atoms with van der Waals surface area (Å²) >= 11 is 4.97. The van der Waals surface area contributed by atoms with E-state index in [1.54, 1.807) is 11.3 Å². The molecule has 2 nitrogen and oxygen atoms in total. The molecule has 0 saturated heterocycles.